The monoisotopic (exact) mass is 355 g/mol. The number of halogens is 1. The molecule has 1 unspecified atom stereocenters. The lowest BCUT2D eigenvalue weighted by molar-refractivity contribution is 0.362. The van der Waals surface area contributed by atoms with Crippen LogP contribution in [-0.4, -0.2) is 10.1 Å². The number of hydrogen-bond acceptors (Lipinski definition) is 4. The van der Waals surface area contributed by atoms with E-state index in [1.807, 2.05) is 24.3 Å². The van der Waals surface area contributed by atoms with Crippen molar-refractivity contribution in [3.63, 3.8) is 0 Å². The van der Waals surface area contributed by atoms with Gasteiger partial charge in [0.1, 0.15) is 0 Å². The van der Waals surface area contributed by atoms with Gasteiger partial charge in [-0.25, -0.2) is 0 Å². The molecule has 1 heterocycles. The first-order valence-corrected chi connectivity index (χ1v) is 8.53. The summed E-state index contributed by atoms with van der Waals surface area (Å²) in [5.41, 5.74) is 10.6. The number of hydrogen-bond donors (Lipinski definition) is 1. The van der Waals surface area contributed by atoms with Crippen LogP contribution in [-0.2, 0) is 19.4 Å². The molecule has 0 bridgehead atoms. The van der Waals surface area contributed by atoms with E-state index >= 15 is 0 Å². The Balaban J connectivity index is 0.00000182. The Morgan fingerprint density at radius 1 is 1.08 bits per heavy atom. The zero-order valence-corrected chi connectivity index (χ0v) is 14.8. The third kappa shape index (κ3) is 3.75. The summed E-state index contributed by atoms with van der Waals surface area (Å²) in [6, 6.07) is 16.7. The number of nitrogens with zero attached hydrogens (tertiary/aromatic N) is 2. The average Bonchev–Trinajstić information content (AvgIpc) is 3.11. The van der Waals surface area contributed by atoms with Crippen molar-refractivity contribution < 1.29 is 4.52 Å². The highest BCUT2D eigenvalue weighted by Gasteiger charge is 2.22. The van der Waals surface area contributed by atoms with Gasteiger partial charge < -0.3 is 10.3 Å². The number of fused-ring (bicyclic) bond motifs is 1. The maximum Gasteiger partial charge on any atom is 0.227 e. The van der Waals surface area contributed by atoms with Gasteiger partial charge in [-0.05, 0) is 41.9 Å². The smallest absolute Gasteiger partial charge is 0.227 e. The van der Waals surface area contributed by atoms with Crippen LogP contribution in [0.15, 0.2) is 53.1 Å². The summed E-state index contributed by atoms with van der Waals surface area (Å²) in [5.74, 6) is 1.84. The van der Waals surface area contributed by atoms with Crippen molar-refractivity contribution in [2.75, 3.05) is 0 Å². The van der Waals surface area contributed by atoms with Gasteiger partial charge in [0.2, 0.25) is 11.7 Å². The van der Waals surface area contributed by atoms with Crippen molar-refractivity contribution in [2.45, 2.75) is 38.1 Å². The molecule has 0 fully saturated rings. The summed E-state index contributed by atoms with van der Waals surface area (Å²) < 4.78 is 5.51. The van der Waals surface area contributed by atoms with Crippen molar-refractivity contribution in [2.24, 2.45) is 5.73 Å². The first kappa shape index (κ1) is 17.6. The summed E-state index contributed by atoms with van der Waals surface area (Å²) in [4.78, 5) is 4.59. The normalized spacial score (nSPS) is 16.1. The largest absolute Gasteiger partial charge is 0.339 e. The van der Waals surface area contributed by atoms with Gasteiger partial charge in [-0.15, -0.1) is 12.4 Å². The van der Waals surface area contributed by atoms with Crippen LogP contribution in [0.4, 0.5) is 0 Å². The zero-order valence-electron chi connectivity index (χ0n) is 14.0. The summed E-state index contributed by atoms with van der Waals surface area (Å²) in [5, 5.41) is 4.15. The number of aryl methyl sites for hydroxylation is 1. The van der Waals surface area contributed by atoms with Crippen LogP contribution < -0.4 is 5.73 Å². The Morgan fingerprint density at radius 2 is 1.88 bits per heavy atom. The molecule has 2 aromatic carbocycles. The van der Waals surface area contributed by atoms with E-state index < -0.39 is 0 Å². The van der Waals surface area contributed by atoms with Crippen molar-refractivity contribution in [3.05, 3.63) is 71.1 Å². The fourth-order valence-corrected chi connectivity index (χ4v) is 3.52. The molecule has 4 rings (SSSR count). The minimum absolute atomic E-state index is 0. The third-order valence-corrected chi connectivity index (χ3v) is 4.83. The molecule has 4 nitrogen and oxygen atoms in total. The van der Waals surface area contributed by atoms with Crippen molar-refractivity contribution in [1.82, 2.24) is 10.1 Å². The average molecular weight is 356 g/mol. The number of aromatic nitrogens is 2. The summed E-state index contributed by atoms with van der Waals surface area (Å²) in [6.07, 6.45) is 4.39. The highest BCUT2D eigenvalue weighted by atomic mass is 35.5. The van der Waals surface area contributed by atoms with E-state index in [0.29, 0.717) is 18.3 Å². The lowest BCUT2D eigenvalue weighted by Crippen LogP contribution is -2.12. The highest BCUT2D eigenvalue weighted by Crippen LogP contribution is 2.33. The lowest BCUT2D eigenvalue weighted by atomic mass is 9.81. The molecule has 5 heteroatoms. The Bertz CT molecular complexity index is 829. The van der Waals surface area contributed by atoms with Crippen LogP contribution in [0, 0.1) is 0 Å². The standard InChI is InChI=1S/C20H21N3O.ClH/c21-13-14-8-10-16(11-9-14)20-22-19(24-23-20)12-17-6-3-5-15-4-1-2-7-18(15)17;/h1-2,4,7-11,17H,3,5-6,12-13,21H2;1H. The third-order valence-electron chi connectivity index (χ3n) is 4.83. The molecule has 3 aromatic rings. The quantitative estimate of drug-likeness (QED) is 0.758. The van der Waals surface area contributed by atoms with Gasteiger partial charge in [0.15, 0.2) is 0 Å². The van der Waals surface area contributed by atoms with Crippen molar-refractivity contribution >= 4 is 12.4 Å². The van der Waals surface area contributed by atoms with Crippen LogP contribution in [0.2, 0.25) is 0 Å². The van der Waals surface area contributed by atoms with Gasteiger partial charge in [-0.1, -0.05) is 53.7 Å². The van der Waals surface area contributed by atoms with Crippen molar-refractivity contribution in [3.8, 4) is 11.4 Å². The van der Waals surface area contributed by atoms with Crippen LogP contribution in [0.3, 0.4) is 0 Å². The topological polar surface area (TPSA) is 64.9 Å². The van der Waals surface area contributed by atoms with Crippen LogP contribution >= 0.6 is 12.4 Å². The molecule has 1 aromatic heterocycles. The lowest BCUT2D eigenvalue weighted by Gasteiger charge is -2.24. The second kappa shape index (κ2) is 7.81. The van der Waals surface area contributed by atoms with Crippen molar-refractivity contribution in [1.29, 1.82) is 0 Å². The second-order valence-corrected chi connectivity index (χ2v) is 6.40. The fraction of sp³-hybridized carbons (Fsp3) is 0.300. The molecule has 0 spiro atoms. The van der Waals surface area contributed by atoms with Gasteiger partial charge >= 0.3 is 0 Å². The van der Waals surface area contributed by atoms with E-state index in [0.717, 1.165) is 23.4 Å². The molecule has 1 aliphatic carbocycles. The molecular weight excluding hydrogens is 334 g/mol. The Hall–Kier alpha value is -2.17. The van der Waals surface area contributed by atoms with E-state index in [2.05, 4.69) is 34.4 Å². The van der Waals surface area contributed by atoms with E-state index in [1.54, 1.807) is 0 Å². The van der Waals surface area contributed by atoms with Gasteiger partial charge in [0, 0.05) is 18.5 Å². The van der Waals surface area contributed by atoms with Crippen LogP contribution in [0.25, 0.3) is 11.4 Å². The summed E-state index contributed by atoms with van der Waals surface area (Å²) in [6.45, 7) is 0.541. The molecule has 1 aliphatic rings. The van der Waals surface area contributed by atoms with Gasteiger partial charge in [0.05, 0.1) is 0 Å². The molecule has 2 N–H and O–H groups in total. The van der Waals surface area contributed by atoms with E-state index in [4.69, 9.17) is 10.3 Å². The maximum atomic E-state index is 5.64. The molecule has 0 saturated carbocycles. The molecule has 0 saturated heterocycles. The Kier molecular flexibility index (Phi) is 5.51. The predicted octanol–water partition coefficient (Wildman–Crippen LogP) is 4.28. The molecule has 0 amide bonds. The Morgan fingerprint density at radius 3 is 2.68 bits per heavy atom. The van der Waals surface area contributed by atoms with Gasteiger partial charge in [-0.3, -0.25) is 0 Å². The molecular formula is C20H22ClN3O. The Labute approximate surface area is 153 Å². The number of rotatable bonds is 4. The summed E-state index contributed by atoms with van der Waals surface area (Å²) >= 11 is 0. The van der Waals surface area contributed by atoms with E-state index in [1.165, 1.54) is 30.4 Å². The zero-order chi connectivity index (χ0) is 16.4. The van der Waals surface area contributed by atoms with E-state index in [9.17, 15) is 0 Å². The molecule has 0 aliphatic heterocycles. The minimum Gasteiger partial charge on any atom is -0.339 e. The molecule has 25 heavy (non-hydrogen) atoms. The first-order valence-electron chi connectivity index (χ1n) is 8.53. The molecule has 0 radical (unpaired) electrons. The molecule has 1 atom stereocenters. The number of benzene rings is 2. The molecule has 130 valence electrons. The van der Waals surface area contributed by atoms with Gasteiger partial charge in [-0.2, -0.15) is 4.98 Å². The first-order chi connectivity index (χ1) is 11.8. The highest BCUT2D eigenvalue weighted by molar-refractivity contribution is 5.85. The number of nitrogens with two attached hydrogens (primary N) is 1. The van der Waals surface area contributed by atoms with Crippen LogP contribution in [0.5, 0.6) is 0 Å². The summed E-state index contributed by atoms with van der Waals surface area (Å²) in [7, 11) is 0. The predicted molar refractivity (Wildman–Crippen MR) is 101 cm³/mol. The minimum atomic E-state index is 0. The van der Waals surface area contributed by atoms with Crippen LogP contribution in [0.1, 0.15) is 41.3 Å². The van der Waals surface area contributed by atoms with E-state index in [-0.39, 0.29) is 12.4 Å². The fourth-order valence-electron chi connectivity index (χ4n) is 3.52. The SMILES string of the molecule is Cl.NCc1ccc(-c2noc(CC3CCCc4ccccc43)n2)cc1. The second-order valence-electron chi connectivity index (χ2n) is 6.40. The van der Waals surface area contributed by atoms with Gasteiger partial charge in [0.25, 0.3) is 0 Å². The maximum absolute atomic E-state index is 5.64.